The maximum atomic E-state index is 11.5. The Morgan fingerprint density at radius 2 is 2.13 bits per heavy atom. The van der Waals surface area contributed by atoms with Crippen molar-refractivity contribution in [2.24, 2.45) is 18.0 Å². The molecule has 0 bridgehead atoms. The third kappa shape index (κ3) is 5.26. The van der Waals surface area contributed by atoms with Gasteiger partial charge in [-0.1, -0.05) is 20.8 Å². The Morgan fingerprint density at radius 3 is 2.65 bits per heavy atom. The molecule has 1 rings (SSSR count). The standard InChI is InChI=1S/C16H29N5O2/c1-11(2)14-13(10-21(6)19-14)9-20(5)16(17-4)18-8-12(3)15(22)23-7/h10-12H,8-9H2,1-7H3,(H,17,18). The molecular weight excluding hydrogens is 294 g/mol. The molecule has 0 amide bonds. The van der Waals surface area contributed by atoms with Crippen LogP contribution in [0.3, 0.4) is 0 Å². The zero-order chi connectivity index (χ0) is 17.6. The first-order chi connectivity index (χ1) is 10.8. The number of aryl methyl sites for hydroxylation is 1. The average Bonchev–Trinajstić information content (AvgIpc) is 2.87. The van der Waals surface area contributed by atoms with Crippen LogP contribution in [0.5, 0.6) is 0 Å². The van der Waals surface area contributed by atoms with Crippen LogP contribution in [0.15, 0.2) is 11.2 Å². The molecule has 0 aliphatic heterocycles. The second kappa shape index (κ2) is 8.55. The maximum absolute atomic E-state index is 11.5. The molecule has 1 N–H and O–H groups in total. The zero-order valence-corrected chi connectivity index (χ0v) is 15.3. The van der Waals surface area contributed by atoms with Gasteiger partial charge in [0, 0.05) is 46.0 Å². The monoisotopic (exact) mass is 323 g/mol. The Morgan fingerprint density at radius 1 is 1.48 bits per heavy atom. The minimum Gasteiger partial charge on any atom is -0.469 e. The second-order valence-corrected chi connectivity index (χ2v) is 6.08. The fraction of sp³-hybridized carbons (Fsp3) is 0.688. The molecule has 0 aliphatic rings. The van der Waals surface area contributed by atoms with E-state index in [0.29, 0.717) is 19.0 Å². The number of nitrogens with one attached hydrogen (secondary N) is 1. The lowest BCUT2D eigenvalue weighted by Crippen LogP contribution is -2.41. The molecule has 1 heterocycles. The van der Waals surface area contributed by atoms with E-state index in [4.69, 9.17) is 4.74 Å². The highest BCUT2D eigenvalue weighted by Gasteiger charge is 2.17. The number of nitrogens with zero attached hydrogens (tertiary/aromatic N) is 4. The van der Waals surface area contributed by atoms with Crippen LogP contribution >= 0.6 is 0 Å². The molecule has 0 radical (unpaired) electrons. The predicted octanol–water partition coefficient (Wildman–Crippen LogP) is 1.36. The van der Waals surface area contributed by atoms with Gasteiger partial charge >= 0.3 is 5.97 Å². The average molecular weight is 323 g/mol. The molecule has 1 aromatic heterocycles. The van der Waals surface area contributed by atoms with Crippen LogP contribution < -0.4 is 5.32 Å². The van der Waals surface area contributed by atoms with E-state index >= 15 is 0 Å². The van der Waals surface area contributed by atoms with Crippen LogP contribution in [0, 0.1) is 5.92 Å². The molecule has 1 aromatic rings. The van der Waals surface area contributed by atoms with Crippen molar-refractivity contribution in [2.75, 3.05) is 27.7 Å². The first kappa shape index (κ1) is 19.0. The molecule has 0 spiro atoms. The molecule has 23 heavy (non-hydrogen) atoms. The lowest BCUT2D eigenvalue weighted by Gasteiger charge is -2.23. The van der Waals surface area contributed by atoms with Gasteiger partial charge in [-0.25, -0.2) is 0 Å². The lowest BCUT2D eigenvalue weighted by molar-refractivity contribution is -0.144. The zero-order valence-electron chi connectivity index (χ0n) is 15.3. The minimum absolute atomic E-state index is 0.227. The van der Waals surface area contributed by atoms with Crippen LogP contribution in [0.1, 0.15) is 37.9 Å². The lowest BCUT2D eigenvalue weighted by atomic mass is 10.1. The summed E-state index contributed by atoms with van der Waals surface area (Å²) in [5.41, 5.74) is 2.27. The summed E-state index contributed by atoms with van der Waals surface area (Å²) in [5, 5.41) is 7.73. The van der Waals surface area contributed by atoms with Crippen molar-refractivity contribution in [3.63, 3.8) is 0 Å². The molecule has 1 unspecified atom stereocenters. The summed E-state index contributed by atoms with van der Waals surface area (Å²) in [6.45, 7) is 7.28. The van der Waals surface area contributed by atoms with E-state index in [1.54, 1.807) is 7.05 Å². The maximum Gasteiger partial charge on any atom is 0.310 e. The quantitative estimate of drug-likeness (QED) is 0.486. The van der Waals surface area contributed by atoms with E-state index in [1.807, 2.05) is 36.8 Å². The fourth-order valence-electron chi connectivity index (χ4n) is 2.41. The molecule has 7 nitrogen and oxygen atoms in total. The van der Waals surface area contributed by atoms with E-state index < -0.39 is 0 Å². The Hall–Kier alpha value is -2.05. The van der Waals surface area contributed by atoms with Crippen molar-refractivity contribution in [2.45, 2.75) is 33.2 Å². The number of ether oxygens (including phenoxy) is 1. The van der Waals surface area contributed by atoms with E-state index in [0.717, 1.165) is 11.7 Å². The number of methoxy groups -OCH3 is 1. The highest BCUT2D eigenvalue weighted by molar-refractivity contribution is 5.80. The van der Waals surface area contributed by atoms with Crippen molar-refractivity contribution >= 4 is 11.9 Å². The summed E-state index contributed by atoms with van der Waals surface area (Å²) in [6.07, 6.45) is 2.04. The van der Waals surface area contributed by atoms with Gasteiger partial charge in [-0.2, -0.15) is 5.10 Å². The number of guanidine groups is 1. The summed E-state index contributed by atoms with van der Waals surface area (Å²) in [4.78, 5) is 17.8. The Kier molecular flexibility index (Phi) is 7.06. The number of aliphatic imine (C=N–C) groups is 1. The third-order valence-electron chi connectivity index (χ3n) is 3.63. The number of carbonyl (C=O) groups excluding carboxylic acids is 1. The summed E-state index contributed by atoms with van der Waals surface area (Å²) in [6, 6.07) is 0. The summed E-state index contributed by atoms with van der Waals surface area (Å²) in [5.74, 6) is 0.646. The normalized spacial score (nSPS) is 13.1. The Bertz CT molecular complexity index is 551. The number of rotatable bonds is 6. The van der Waals surface area contributed by atoms with Crippen molar-refractivity contribution in [1.82, 2.24) is 20.0 Å². The summed E-state index contributed by atoms with van der Waals surface area (Å²) < 4.78 is 6.58. The molecule has 0 saturated carbocycles. The van der Waals surface area contributed by atoms with Gasteiger partial charge in [-0.3, -0.25) is 14.5 Å². The largest absolute Gasteiger partial charge is 0.469 e. The van der Waals surface area contributed by atoms with Crippen molar-refractivity contribution < 1.29 is 9.53 Å². The Labute approximate surface area is 138 Å². The molecule has 7 heteroatoms. The van der Waals surface area contributed by atoms with E-state index in [1.165, 1.54) is 12.7 Å². The molecule has 0 saturated heterocycles. The van der Waals surface area contributed by atoms with Crippen LogP contribution in [-0.4, -0.2) is 54.4 Å². The van der Waals surface area contributed by atoms with Gasteiger partial charge in [-0.05, 0) is 5.92 Å². The van der Waals surface area contributed by atoms with Crippen molar-refractivity contribution in [1.29, 1.82) is 0 Å². The highest BCUT2D eigenvalue weighted by atomic mass is 16.5. The van der Waals surface area contributed by atoms with Gasteiger partial charge in [0.2, 0.25) is 0 Å². The van der Waals surface area contributed by atoms with Crippen LogP contribution in [0.4, 0.5) is 0 Å². The molecule has 0 aromatic carbocycles. The van der Waals surface area contributed by atoms with Gasteiger partial charge in [-0.15, -0.1) is 0 Å². The Balaban J connectivity index is 2.71. The van der Waals surface area contributed by atoms with Crippen molar-refractivity contribution in [3.8, 4) is 0 Å². The fourth-order valence-corrected chi connectivity index (χ4v) is 2.41. The number of hydrogen-bond donors (Lipinski definition) is 1. The summed E-state index contributed by atoms with van der Waals surface area (Å²) >= 11 is 0. The predicted molar refractivity (Wildman–Crippen MR) is 91.3 cm³/mol. The number of aromatic nitrogens is 2. The first-order valence-corrected chi connectivity index (χ1v) is 7.82. The topological polar surface area (TPSA) is 71.8 Å². The van der Waals surface area contributed by atoms with E-state index in [9.17, 15) is 4.79 Å². The molecular formula is C16H29N5O2. The van der Waals surface area contributed by atoms with Crippen LogP contribution in [0.2, 0.25) is 0 Å². The second-order valence-electron chi connectivity index (χ2n) is 6.08. The van der Waals surface area contributed by atoms with Crippen LogP contribution in [0.25, 0.3) is 0 Å². The smallest absolute Gasteiger partial charge is 0.310 e. The third-order valence-corrected chi connectivity index (χ3v) is 3.63. The van der Waals surface area contributed by atoms with Crippen molar-refractivity contribution in [3.05, 3.63) is 17.5 Å². The number of carbonyl (C=O) groups is 1. The van der Waals surface area contributed by atoms with E-state index in [2.05, 4.69) is 29.3 Å². The molecule has 0 fully saturated rings. The first-order valence-electron chi connectivity index (χ1n) is 7.82. The molecule has 1 atom stereocenters. The van der Waals surface area contributed by atoms with Gasteiger partial charge in [0.15, 0.2) is 5.96 Å². The number of hydrogen-bond acceptors (Lipinski definition) is 4. The van der Waals surface area contributed by atoms with Gasteiger partial charge in [0.1, 0.15) is 0 Å². The summed E-state index contributed by atoms with van der Waals surface area (Å²) in [7, 11) is 7.03. The van der Waals surface area contributed by atoms with Gasteiger partial charge in [0.05, 0.1) is 18.7 Å². The highest BCUT2D eigenvalue weighted by Crippen LogP contribution is 2.18. The molecule has 130 valence electrons. The van der Waals surface area contributed by atoms with E-state index in [-0.39, 0.29) is 11.9 Å². The minimum atomic E-state index is -0.232. The van der Waals surface area contributed by atoms with Gasteiger partial charge in [0.25, 0.3) is 0 Å². The molecule has 0 aliphatic carbocycles. The number of esters is 1. The SMILES string of the molecule is CN=C(NCC(C)C(=O)OC)N(C)Cc1cn(C)nc1C(C)C. The van der Waals surface area contributed by atoms with Crippen LogP contribution in [-0.2, 0) is 23.1 Å². The van der Waals surface area contributed by atoms with Gasteiger partial charge < -0.3 is 15.0 Å².